The highest BCUT2D eigenvalue weighted by molar-refractivity contribution is 4.84. The molecule has 2 saturated carbocycles. The molecular weight excluding hydrogens is 192 g/mol. The van der Waals surface area contributed by atoms with Gasteiger partial charge in [0.2, 0.25) is 0 Å². The molecule has 0 N–H and O–H groups in total. The van der Waals surface area contributed by atoms with Crippen molar-refractivity contribution in [2.24, 2.45) is 11.8 Å². The molecule has 0 bridgehead atoms. The summed E-state index contributed by atoms with van der Waals surface area (Å²) in [6.07, 6.45) is 22.8. The van der Waals surface area contributed by atoms with E-state index in [1.807, 2.05) is 0 Å². The highest BCUT2D eigenvalue weighted by atomic mass is 14.3. The number of hydrogen-bond acceptors (Lipinski definition) is 0. The monoisotopic (exact) mass is 220 g/mol. The normalized spacial score (nSPS) is 27.8. The molecule has 0 amide bonds. The molecule has 16 heavy (non-hydrogen) atoms. The molecule has 2 radical (unpaired) electrons. The largest absolute Gasteiger partial charge is 0.0533 e. The van der Waals surface area contributed by atoms with Gasteiger partial charge in [-0.2, -0.15) is 0 Å². The van der Waals surface area contributed by atoms with Gasteiger partial charge in [-0.3, -0.25) is 0 Å². The summed E-state index contributed by atoms with van der Waals surface area (Å²) in [5.41, 5.74) is 0. The molecular formula is C16H28. The van der Waals surface area contributed by atoms with Crippen molar-refractivity contribution in [3.05, 3.63) is 6.42 Å². The highest BCUT2D eigenvalue weighted by Gasteiger charge is 2.22. The van der Waals surface area contributed by atoms with Crippen LogP contribution in [-0.2, 0) is 0 Å². The first-order valence-corrected chi connectivity index (χ1v) is 7.70. The topological polar surface area (TPSA) is 0 Å². The Labute approximate surface area is 102 Å². The molecule has 0 nitrogen and oxygen atoms in total. The van der Waals surface area contributed by atoms with Gasteiger partial charge in [0.25, 0.3) is 0 Å². The van der Waals surface area contributed by atoms with E-state index in [1.54, 1.807) is 0 Å². The molecule has 2 aliphatic rings. The standard InChI is InChI=1S/C16H28/c1-3-7-11-15(12-8-4-1)16-13-9-5-2-6-10-14-16/h15-16H,1-13H2. The summed E-state index contributed by atoms with van der Waals surface area (Å²) in [6, 6.07) is 0. The molecule has 92 valence electrons. The highest BCUT2D eigenvalue weighted by Crippen LogP contribution is 2.35. The average Bonchev–Trinajstić information content (AvgIpc) is 2.18. The Balaban J connectivity index is 1.81. The predicted molar refractivity (Wildman–Crippen MR) is 70.2 cm³/mol. The fraction of sp³-hybridized carbons (Fsp3) is 0.938. The van der Waals surface area contributed by atoms with E-state index in [4.69, 9.17) is 0 Å². The third kappa shape index (κ3) is 4.11. The van der Waals surface area contributed by atoms with Crippen LogP contribution in [-0.4, -0.2) is 0 Å². The van der Waals surface area contributed by atoms with Crippen LogP contribution in [0.1, 0.15) is 83.5 Å². The van der Waals surface area contributed by atoms with E-state index in [2.05, 4.69) is 6.42 Å². The first-order chi connectivity index (χ1) is 7.97. The molecule has 0 spiro atoms. The van der Waals surface area contributed by atoms with Gasteiger partial charge in [-0.1, -0.05) is 70.6 Å². The second kappa shape index (κ2) is 7.35. The summed E-state index contributed by atoms with van der Waals surface area (Å²) >= 11 is 0. The van der Waals surface area contributed by atoms with Crippen molar-refractivity contribution in [2.75, 3.05) is 0 Å². The molecule has 2 fully saturated rings. The lowest BCUT2D eigenvalue weighted by Gasteiger charge is -2.29. The smallest absolute Gasteiger partial charge is 0.0137 e. The maximum absolute atomic E-state index is 3.84. The van der Waals surface area contributed by atoms with Gasteiger partial charge in [-0.15, -0.1) is 0 Å². The second-order valence-corrected chi connectivity index (χ2v) is 5.87. The predicted octanol–water partition coefficient (Wildman–Crippen LogP) is 5.40. The zero-order valence-electron chi connectivity index (χ0n) is 10.8. The summed E-state index contributed by atoms with van der Waals surface area (Å²) in [5.74, 6) is 1.86. The van der Waals surface area contributed by atoms with Crippen molar-refractivity contribution < 1.29 is 0 Å². The Bertz CT molecular complexity index is 137. The minimum absolute atomic E-state index is 0.860. The fourth-order valence-electron chi connectivity index (χ4n) is 3.52. The van der Waals surface area contributed by atoms with Crippen LogP contribution < -0.4 is 0 Å². The Morgan fingerprint density at radius 1 is 0.562 bits per heavy atom. The quantitative estimate of drug-likeness (QED) is 0.555. The molecule has 1 unspecified atom stereocenters. The second-order valence-electron chi connectivity index (χ2n) is 5.87. The lowest BCUT2D eigenvalue weighted by Crippen LogP contribution is -2.18. The van der Waals surface area contributed by atoms with Crippen molar-refractivity contribution >= 4 is 0 Å². The van der Waals surface area contributed by atoms with Crippen LogP contribution in [0.3, 0.4) is 0 Å². The van der Waals surface area contributed by atoms with Crippen LogP contribution in [0.4, 0.5) is 0 Å². The third-order valence-corrected chi connectivity index (χ3v) is 4.57. The number of rotatable bonds is 1. The molecule has 0 heteroatoms. The van der Waals surface area contributed by atoms with E-state index in [9.17, 15) is 0 Å². The van der Waals surface area contributed by atoms with Gasteiger partial charge < -0.3 is 0 Å². The van der Waals surface area contributed by atoms with Crippen molar-refractivity contribution in [2.45, 2.75) is 83.5 Å². The molecule has 1 atom stereocenters. The van der Waals surface area contributed by atoms with E-state index in [-0.39, 0.29) is 0 Å². The minimum atomic E-state index is 0.860. The van der Waals surface area contributed by atoms with Gasteiger partial charge in [0.1, 0.15) is 0 Å². The van der Waals surface area contributed by atoms with Crippen LogP contribution in [0.5, 0.6) is 0 Å². The third-order valence-electron chi connectivity index (χ3n) is 4.57. The summed E-state index contributed by atoms with van der Waals surface area (Å²) < 4.78 is 0. The summed E-state index contributed by atoms with van der Waals surface area (Å²) in [6.45, 7) is 0. The average molecular weight is 220 g/mol. The van der Waals surface area contributed by atoms with Gasteiger partial charge in [0.15, 0.2) is 0 Å². The Hall–Kier alpha value is 0. The summed E-state index contributed by atoms with van der Waals surface area (Å²) in [7, 11) is 0. The van der Waals surface area contributed by atoms with E-state index in [0.717, 1.165) is 11.8 Å². The van der Waals surface area contributed by atoms with Crippen LogP contribution >= 0.6 is 0 Å². The Morgan fingerprint density at radius 2 is 1.12 bits per heavy atom. The van der Waals surface area contributed by atoms with Gasteiger partial charge in [-0.05, 0) is 31.1 Å². The molecule has 2 aliphatic carbocycles. The first-order valence-electron chi connectivity index (χ1n) is 7.70. The van der Waals surface area contributed by atoms with E-state index < -0.39 is 0 Å². The zero-order chi connectivity index (χ0) is 11.1. The lowest BCUT2D eigenvalue weighted by atomic mass is 9.76. The van der Waals surface area contributed by atoms with E-state index in [0.29, 0.717) is 0 Å². The molecule has 0 aliphatic heterocycles. The van der Waals surface area contributed by atoms with Gasteiger partial charge >= 0.3 is 0 Å². The summed E-state index contributed by atoms with van der Waals surface area (Å²) in [5, 5.41) is 0. The molecule has 0 heterocycles. The molecule has 0 saturated heterocycles. The van der Waals surface area contributed by atoms with Crippen LogP contribution in [0, 0.1) is 18.3 Å². The SMILES string of the molecule is [C]1CCCCCCC1C1CCCCCCC1. The van der Waals surface area contributed by atoms with E-state index >= 15 is 0 Å². The molecule has 0 aromatic heterocycles. The van der Waals surface area contributed by atoms with Gasteiger partial charge in [0, 0.05) is 0 Å². The maximum Gasteiger partial charge on any atom is -0.0137 e. The Morgan fingerprint density at radius 3 is 1.88 bits per heavy atom. The first kappa shape index (κ1) is 12.5. The van der Waals surface area contributed by atoms with Crippen LogP contribution in [0.15, 0.2) is 0 Å². The number of hydrogen-bond donors (Lipinski definition) is 0. The van der Waals surface area contributed by atoms with Crippen molar-refractivity contribution in [3.63, 3.8) is 0 Å². The van der Waals surface area contributed by atoms with Crippen LogP contribution in [0.25, 0.3) is 0 Å². The van der Waals surface area contributed by atoms with Crippen LogP contribution in [0.2, 0.25) is 0 Å². The van der Waals surface area contributed by atoms with Crippen molar-refractivity contribution in [3.8, 4) is 0 Å². The Kier molecular flexibility index (Phi) is 5.72. The van der Waals surface area contributed by atoms with Gasteiger partial charge in [0.05, 0.1) is 0 Å². The minimum Gasteiger partial charge on any atom is -0.0533 e. The fourth-order valence-corrected chi connectivity index (χ4v) is 3.52. The molecule has 0 aromatic carbocycles. The summed E-state index contributed by atoms with van der Waals surface area (Å²) in [4.78, 5) is 0. The zero-order valence-corrected chi connectivity index (χ0v) is 10.8. The molecule has 0 aromatic rings. The van der Waals surface area contributed by atoms with Gasteiger partial charge in [-0.25, -0.2) is 0 Å². The van der Waals surface area contributed by atoms with E-state index in [1.165, 1.54) is 83.5 Å². The lowest BCUT2D eigenvalue weighted by molar-refractivity contribution is 0.262. The van der Waals surface area contributed by atoms with Crippen molar-refractivity contribution in [1.82, 2.24) is 0 Å². The maximum atomic E-state index is 3.84. The van der Waals surface area contributed by atoms with Crippen molar-refractivity contribution in [1.29, 1.82) is 0 Å². The molecule has 2 rings (SSSR count).